The molecule has 0 fully saturated rings. The highest BCUT2D eigenvalue weighted by Gasteiger charge is 2.18. The fourth-order valence-corrected chi connectivity index (χ4v) is 3.36. The molecular weight excluding hydrogens is 394 g/mol. The minimum absolute atomic E-state index is 0.210. The van der Waals surface area contributed by atoms with E-state index in [1.54, 1.807) is 6.07 Å². The van der Waals surface area contributed by atoms with Crippen molar-refractivity contribution in [2.75, 3.05) is 0 Å². The molecule has 0 bridgehead atoms. The quantitative estimate of drug-likeness (QED) is 0.403. The number of hydrogen-bond acceptors (Lipinski definition) is 0. The Balaban J connectivity index is 2.49. The van der Waals surface area contributed by atoms with Crippen LogP contribution in [-0.2, 0) is 0 Å². The van der Waals surface area contributed by atoms with Crippen LogP contribution in [0.5, 0.6) is 0 Å². The zero-order valence-corrected chi connectivity index (χ0v) is 14.4. The largest absolute Gasteiger partial charge is 0.207 e. The zero-order chi connectivity index (χ0) is 14.2. The lowest BCUT2D eigenvalue weighted by Crippen LogP contribution is -1.99. The van der Waals surface area contributed by atoms with Crippen molar-refractivity contribution in [1.29, 1.82) is 0 Å². The lowest BCUT2D eigenvalue weighted by atomic mass is 9.98. The minimum Gasteiger partial charge on any atom is -0.207 e. The molecule has 0 amide bonds. The highest BCUT2D eigenvalue weighted by atomic mass is 79.9. The number of alkyl halides is 1. The van der Waals surface area contributed by atoms with E-state index < -0.39 is 0 Å². The second kappa shape index (κ2) is 5.94. The van der Waals surface area contributed by atoms with E-state index in [-0.39, 0.29) is 10.6 Å². The Hall–Kier alpha value is -0.380. The van der Waals surface area contributed by atoms with Gasteiger partial charge in [0, 0.05) is 10.0 Å². The molecule has 0 radical (unpaired) electrons. The van der Waals surface area contributed by atoms with Crippen LogP contribution in [-0.4, -0.2) is 0 Å². The van der Waals surface area contributed by atoms with Crippen LogP contribution in [0.1, 0.15) is 27.1 Å². The zero-order valence-electron chi connectivity index (χ0n) is 10.5. The van der Waals surface area contributed by atoms with Gasteiger partial charge < -0.3 is 0 Å². The molecular formula is C15H12Br2ClF. The Morgan fingerprint density at radius 3 is 2.42 bits per heavy atom. The fraction of sp³-hybridized carbons (Fsp3) is 0.200. The molecule has 100 valence electrons. The van der Waals surface area contributed by atoms with Gasteiger partial charge in [-0.3, -0.25) is 0 Å². The van der Waals surface area contributed by atoms with Crippen LogP contribution in [0.4, 0.5) is 4.39 Å². The summed E-state index contributed by atoms with van der Waals surface area (Å²) in [5.74, 6) is -0.280. The van der Waals surface area contributed by atoms with Crippen LogP contribution < -0.4 is 0 Å². The second-order valence-corrected chi connectivity index (χ2v) is 6.69. The van der Waals surface area contributed by atoms with Gasteiger partial charge in [0.15, 0.2) is 0 Å². The van der Waals surface area contributed by atoms with Gasteiger partial charge in [0.25, 0.3) is 0 Å². The van der Waals surface area contributed by atoms with Crippen molar-refractivity contribution in [3.63, 3.8) is 0 Å². The summed E-state index contributed by atoms with van der Waals surface area (Å²) in [6.07, 6.45) is 0. The van der Waals surface area contributed by atoms with Crippen LogP contribution in [0.3, 0.4) is 0 Å². The number of hydrogen-bond donors (Lipinski definition) is 0. The molecule has 2 rings (SSSR count). The summed E-state index contributed by atoms with van der Waals surface area (Å²) >= 11 is 12.8. The highest BCUT2D eigenvalue weighted by molar-refractivity contribution is 9.10. The van der Waals surface area contributed by atoms with Gasteiger partial charge in [-0.25, -0.2) is 4.39 Å². The first kappa shape index (κ1) is 15.0. The molecule has 4 heteroatoms. The van der Waals surface area contributed by atoms with Crippen LogP contribution in [0.15, 0.2) is 34.8 Å². The van der Waals surface area contributed by atoms with Gasteiger partial charge in [-0.2, -0.15) is 0 Å². The maximum atomic E-state index is 14.1. The molecule has 2 aromatic rings. The molecule has 1 atom stereocenters. The number of rotatable bonds is 2. The van der Waals surface area contributed by atoms with Crippen molar-refractivity contribution >= 4 is 43.5 Å². The Bertz CT molecular complexity index is 626. The molecule has 0 saturated heterocycles. The summed E-state index contributed by atoms with van der Waals surface area (Å²) in [7, 11) is 0. The van der Waals surface area contributed by atoms with E-state index >= 15 is 0 Å². The maximum absolute atomic E-state index is 14.1. The third-order valence-corrected chi connectivity index (χ3v) is 5.19. The van der Waals surface area contributed by atoms with Gasteiger partial charge >= 0.3 is 0 Å². The monoisotopic (exact) mass is 404 g/mol. The average molecular weight is 407 g/mol. The lowest BCUT2D eigenvalue weighted by molar-refractivity contribution is 0.612. The number of benzene rings is 2. The van der Waals surface area contributed by atoms with Crippen LogP contribution in [0.2, 0.25) is 5.02 Å². The second-order valence-electron chi connectivity index (χ2n) is 4.51. The van der Waals surface area contributed by atoms with Gasteiger partial charge in [-0.05, 0) is 53.0 Å². The molecule has 0 aromatic heterocycles. The van der Waals surface area contributed by atoms with Gasteiger partial charge in [-0.1, -0.05) is 51.3 Å². The van der Waals surface area contributed by atoms with Crippen molar-refractivity contribution in [3.05, 3.63) is 67.9 Å². The van der Waals surface area contributed by atoms with Crippen molar-refractivity contribution in [3.8, 4) is 0 Å². The smallest absolute Gasteiger partial charge is 0.129 e. The molecule has 0 aliphatic heterocycles. The molecule has 0 heterocycles. The van der Waals surface area contributed by atoms with Crippen LogP contribution in [0.25, 0.3) is 0 Å². The van der Waals surface area contributed by atoms with E-state index in [4.69, 9.17) is 11.6 Å². The third-order valence-electron chi connectivity index (χ3n) is 3.01. The number of halogens is 4. The van der Waals surface area contributed by atoms with E-state index in [0.29, 0.717) is 15.1 Å². The van der Waals surface area contributed by atoms with Crippen molar-refractivity contribution in [2.24, 2.45) is 0 Å². The van der Waals surface area contributed by atoms with E-state index in [1.807, 2.05) is 26.0 Å². The van der Waals surface area contributed by atoms with E-state index in [2.05, 4.69) is 37.9 Å². The number of aryl methyl sites for hydroxylation is 2. The van der Waals surface area contributed by atoms with E-state index in [9.17, 15) is 4.39 Å². The van der Waals surface area contributed by atoms with Crippen molar-refractivity contribution < 1.29 is 4.39 Å². The maximum Gasteiger partial charge on any atom is 0.129 e. The third kappa shape index (κ3) is 3.21. The fourth-order valence-electron chi connectivity index (χ4n) is 2.01. The molecule has 0 spiro atoms. The summed E-state index contributed by atoms with van der Waals surface area (Å²) in [5.41, 5.74) is 3.90. The van der Waals surface area contributed by atoms with Crippen LogP contribution in [0, 0.1) is 19.7 Å². The molecule has 0 saturated carbocycles. The molecule has 0 N–H and O–H groups in total. The molecule has 0 aliphatic carbocycles. The minimum atomic E-state index is -0.280. The lowest BCUT2D eigenvalue weighted by Gasteiger charge is -2.16. The van der Waals surface area contributed by atoms with Gasteiger partial charge in [0.1, 0.15) is 5.82 Å². The van der Waals surface area contributed by atoms with Gasteiger partial charge in [0.2, 0.25) is 0 Å². The standard InChI is InChI=1S/C15H12Br2ClF/c1-8-3-4-10(9(2)5-8)15(17)11-6-13(18)12(16)7-14(11)19/h3-7,15H,1-2H3. The SMILES string of the molecule is Cc1ccc(C(Br)c2cc(Cl)c(Br)cc2F)c(C)c1. The summed E-state index contributed by atoms with van der Waals surface area (Å²) in [5, 5.41) is 0.505. The van der Waals surface area contributed by atoms with Gasteiger partial charge in [-0.15, -0.1) is 0 Å². The first-order chi connectivity index (χ1) is 8.90. The highest BCUT2D eigenvalue weighted by Crippen LogP contribution is 2.37. The topological polar surface area (TPSA) is 0 Å². The first-order valence-corrected chi connectivity index (χ1v) is 7.84. The van der Waals surface area contributed by atoms with Gasteiger partial charge in [0.05, 0.1) is 9.85 Å². The van der Waals surface area contributed by atoms with Crippen LogP contribution >= 0.6 is 43.5 Å². The Morgan fingerprint density at radius 1 is 1.11 bits per heavy atom. The Kier molecular flexibility index (Phi) is 4.70. The summed E-state index contributed by atoms with van der Waals surface area (Å²) in [6.45, 7) is 4.06. The Labute approximate surface area is 134 Å². The van der Waals surface area contributed by atoms with E-state index in [1.165, 1.54) is 11.6 Å². The normalized spacial score (nSPS) is 12.5. The summed E-state index contributed by atoms with van der Waals surface area (Å²) in [6, 6.07) is 9.17. The predicted molar refractivity (Wildman–Crippen MR) is 85.8 cm³/mol. The summed E-state index contributed by atoms with van der Waals surface area (Å²) < 4.78 is 14.6. The molecule has 2 aromatic carbocycles. The van der Waals surface area contributed by atoms with Crippen molar-refractivity contribution in [2.45, 2.75) is 18.7 Å². The van der Waals surface area contributed by atoms with E-state index in [0.717, 1.165) is 11.1 Å². The molecule has 0 nitrogen and oxygen atoms in total. The summed E-state index contributed by atoms with van der Waals surface area (Å²) in [4.78, 5) is -0.210. The first-order valence-electron chi connectivity index (χ1n) is 5.76. The average Bonchev–Trinajstić information content (AvgIpc) is 2.33. The Morgan fingerprint density at radius 2 is 1.79 bits per heavy atom. The predicted octanol–water partition coefficient (Wildman–Crippen LogP) is 6.34. The molecule has 0 aliphatic rings. The molecule has 1 unspecified atom stereocenters. The van der Waals surface area contributed by atoms with Crippen molar-refractivity contribution in [1.82, 2.24) is 0 Å². The molecule has 19 heavy (non-hydrogen) atoms.